The third kappa shape index (κ3) is 4.91. The number of rotatable bonds is 6. The highest BCUT2D eigenvalue weighted by Crippen LogP contribution is 2.31. The van der Waals surface area contributed by atoms with Crippen LogP contribution >= 0.6 is 0 Å². The Morgan fingerprint density at radius 1 is 1.13 bits per heavy atom. The summed E-state index contributed by atoms with van der Waals surface area (Å²) in [4.78, 5) is 28.2. The first-order valence-electron chi connectivity index (χ1n) is 8.27. The average Bonchev–Trinajstić information content (AvgIpc) is 3.34. The molecular formula is C15H27N3O4S. The van der Waals surface area contributed by atoms with Crippen LogP contribution in [0.25, 0.3) is 0 Å². The summed E-state index contributed by atoms with van der Waals surface area (Å²) in [6.07, 6.45) is 3.74. The number of piperazine rings is 1. The minimum absolute atomic E-state index is 0.0802. The molecule has 8 heteroatoms. The van der Waals surface area contributed by atoms with E-state index in [2.05, 4.69) is 4.72 Å². The summed E-state index contributed by atoms with van der Waals surface area (Å²) < 4.78 is 25.5. The molecule has 0 aromatic carbocycles. The molecule has 2 atom stereocenters. The van der Waals surface area contributed by atoms with Crippen molar-refractivity contribution in [1.29, 1.82) is 0 Å². The van der Waals surface area contributed by atoms with Crippen LogP contribution in [-0.2, 0) is 19.6 Å². The molecule has 1 heterocycles. The Labute approximate surface area is 138 Å². The van der Waals surface area contributed by atoms with Gasteiger partial charge in [0.1, 0.15) is 6.04 Å². The Morgan fingerprint density at radius 3 is 2.09 bits per heavy atom. The average molecular weight is 345 g/mol. The van der Waals surface area contributed by atoms with Gasteiger partial charge < -0.3 is 9.80 Å². The highest BCUT2D eigenvalue weighted by atomic mass is 32.2. The number of hydrogen-bond acceptors (Lipinski definition) is 4. The molecule has 1 aliphatic carbocycles. The standard InChI is InChI=1S/C15H27N3O4S/c1-4-11(2)13(16-23(3,21)22)15(20)18-9-7-17(8-10-18)14(19)12-5-6-12/h11-13,16H,4-10H2,1-3H3. The van der Waals surface area contributed by atoms with Gasteiger partial charge in [-0.2, -0.15) is 0 Å². The minimum atomic E-state index is -3.45. The van der Waals surface area contributed by atoms with Crippen LogP contribution in [0, 0.1) is 11.8 Å². The van der Waals surface area contributed by atoms with Crippen molar-refractivity contribution in [2.24, 2.45) is 11.8 Å². The van der Waals surface area contributed by atoms with Crippen LogP contribution in [0.3, 0.4) is 0 Å². The summed E-state index contributed by atoms with van der Waals surface area (Å²) >= 11 is 0. The van der Waals surface area contributed by atoms with Crippen LogP contribution in [0.15, 0.2) is 0 Å². The van der Waals surface area contributed by atoms with Crippen LogP contribution < -0.4 is 4.72 Å². The summed E-state index contributed by atoms with van der Waals surface area (Å²) in [6, 6.07) is -0.735. The lowest BCUT2D eigenvalue weighted by Crippen LogP contribution is -2.57. The quantitative estimate of drug-likeness (QED) is 0.736. The molecule has 2 fully saturated rings. The van der Waals surface area contributed by atoms with E-state index >= 15 is 0 Å². The van der Waals surface area contributed by atoms with Crippen LogP contribution in [0.5, 0.6) is 0 Å². The molecule has 0 aromatic rings. The maximum Gasteiger partial charge on any atom is 0.241 e. The lowest BCUT2D eigenvalue weighted by Gasteiger charge is -2.37. The van der Waals surface area contributed by atoms with Crippen LogP contribution in [0.4, 0.5) is 0 Å². The Balaban J connectivity index is 1.96. The maximum absolute atomic E-state index is 12.7. The molecule has 132 valence electrons. The number of carbonyl (C=O) groups is 2. The van der Waals surface area contributed by atoms with E-state index in [9.17, 15) is 18.0 Å². The van der Waals surface area contributed by atoms with Gasteiger partial charge in [0.15, 0.2) is 0 Å². The van der Waals surface area contributed by atoms with Gasteiger partial charge in [-0.1, -0.05) is 20.3 Å². The zero-order valence-electron chi connectivity index (χ0n) is 14.1. The van der Waals surface area contributed by atoms with Crippen molar-refractivity contribution < 1.29 is 18.0 Å². The van der Waals surface area contributed by atoms with Gasteiger partial charge in [-0.3, -0.25) is 9.59 Å². The smallest absolute Gasteiger partial charge is 0.241 e. The molecule has 2 rings (SSSR count). The Hall–Kier alpha value is -1.15. The third-order valence-electron chi connectivity index (χ3n) is 4.65. The molecule has 0 spiro atoms. The number of carbonyl (C=O) groups excluding carboxylic acids is 2. The van der Waals surface area contributed by atoms with Gasteiger partial charge in [-0.25, -0.2) is 13.1 Å². The van der Waals surface area contributed by atoms with Gasteiger partial charge in [0, 0.05) is 32.1 Å². The predicted molar refractivity (Wildman–Crippen MR) is 87.1 cm³/mol. The lowest BCUT2D eigenvalue weighted by atomic mass is 9.98. The SMILES string of the molecule is CCC(C)C(NS(C)(=O)=O)C(=O)N1CCN(C(=O)C2CC2)CC1. The summed E-state index contributed by atoms with van der Waals surface area (Å²) in [5.74, 6) is 0.119. The normalized spacial score (nSPS) is 21.9. The van der Waals surface area contributed by atoms with Crippen LogP contribution in [0.2, 0.25) is 0 Å². The van der Waals surface area contributed by atoms with Crippen molar-refractivity contribution in [3.8, 4) is 0 Å². The van der Waals surface area contributed by atoms with E-state index in [0.29, 0.717) is 32.6 Å². The zero-order chi connectivity index (χ0) is 17.2. The van der Waals surface area contributed by atoms with E-state index in [0.717, 1.165) is 19.1 Å². The van der Waals surface area contributed by atoms with Crippen molar-refractivity contribution in [2.45, 2.75) is 39.2 Å². The van der Waals surface area contributed by atoms with Crippen LogP contribution in [0.1, 0.15) is 33.1 Å². The molecule has 1 aliphatic heterocycles. The molecule has 1 saturated carbocycles. The number of sulfonamides is 1. The van der Waals surface area contributed by atoms with Gasteiger partial charge in [0.2, 0.25) is 21.8 Å². The van der Waals surface area contributed by atoms with Gasteiger partial charge in [-0.15, -0.1) is 0 Å². The maximum atomic E-state index is 12.7. The van der Waals surface area contributed by atoms with Crippen molar-refractivity contribution in [1.82, 2.24) is 14.5 Å². The molecule has 0 aromatic heterocycles. The fourth-order valence-corrected chi connectivity index (χ4v) is 3.60. The molecule has 23 heavy (non-hydrogen) atoms. The molecule has 2 unspecified atom stereocenters. The first-order chi connectivity index (χ1) is 10.7. The highest BCUT2D eigenvalue weighted by molar-refractivity contribution is 7.88. The molecule has 0 bridgehead atoms. The highest BCUT2D eigenvalue weighted by Gasteiger charge is 2.37. The summed E-state index contributed by atoms with van der Waals surface area (Å²) in [5.41, 5.74) is 0. The first-order valence-corrected chi connectivity index (χ1v) is 10.2. The van der Waals surface area contributed by atoms with Gasteiger partial charge in [0.05, 0.1) is 6.26 Å². The van der Waals surface area contributed by atoms with Gasteiger partial charge in [-0.05, 0) is 18.8 Å². The van der Waals surface area contributed by atoms with E-state index in [-0.39, 0.29) is 23.7 Å². The van der Waals surface area contributed by atoms with E-state index in [1.54, 1.807) is 4.90 Å². The Kier molecular flexibility index (Phi) is 5.67. The van der Waals surface area contributed by atoms with Crippen molar-refractivity contribution >= 4 is 21.8 Å². The second kappa shape index (κ2) is 7.17. The summed E-state index contributed by atoms with van der Waals surface area (Å²) in [7, 11) is -3.45. The third-order valence-corrected chi connectivity index (χ3v) is 5.33. The lowest BCUT2D eigenvalue weighted by molar-refractivity contribution is -0.141. The summed E-state index contributed by atoms with van der Waals surface area (Å²) in [5, 5.41) is 0. The number of hydrogen-bond donors (Lipinski definition) is 1. The number of amides is 2. The van der Waals surface area contributed by atoms with E-state index < -0.39 is 16.1 Å². The molecule has 2 amide bonds. The van der Waals surface area contributed by atoms with E-state index in [1.807, 2.05) is 18.7 Å². The molecule has 1 saturated heterocycles. The monoisotopic (exact) mass is 345 g/mol. The van der Waals surface area contributed by atoms with E-state index in [1.165, 1.54) is 0 Å². The van der Waals surface area contributed by atoms with Crippen molar-refractivity contribution in [2.75, 3.05) is 32.4 Å². The van der Waals surface area contributed by atoms with Gasteiger partial charge >= 0.3 is 0 Å². The second-order valence-electron chi connectivity index (χ2n) is 6.68. The first kappa shape index (κ1) is 18.2. The number of nitrogens with one attached hydrogen (secondary N) is 1. The molecule has 7 nitrogen and oxygen atoms in total. The second-order valence-corrected chi connectivity index (χ2v) is 8.46. The number of nitrogens with zero attached hydrogens (tertiary/aromatic N) is 2. The molecule has 2 aliphatic rings. The fraction of sp³-hybridized carbons (Fsp3) is 0.867. The van der Waals surface area contributed by atoms with Crippen molar-refractivity contribution in [3.63, 3.8) is 0 Å². The largest absolute Gasteiger partial charge is 0.339 e. The molecule has 0 radical (unpaired) electrons. The van der Waals surface area contributed by atoms with Gasteiger partial charge in [0.25, 0.3) is 0 Å². The molecular weight excluding hydrogens is 318 g/mol. The predicted octanol–water partition coefficient (Wildman–Crippen LogP) is 0.0311. The Bertz CT molecular complexity index is 551. The topological polar surface area (TPSA) is 86.8 Å². The molecule has 1 N–H and O–H groups in total. The Morgan fingerprint density at radius 2 is 1.65 bits per heavy atom. The minimum Gasteiger partial charge on any atom is -0.339 e. The van der Waals surface area contributed by atoms with E-state index in [4.69, 9.17) is 0 Å². The van der Waals surface area contributed by atoms with Crippen LogP contribution in [-0.4, -0.2) is 68.5 Å². The fourth-order valence-electron chi connectivity index (χ4n) is 2.81. The van der Waals surface area contributed by atoms with Crippen molar-refractivity contribution in [3.05, 3.63) is 0 Å². The zero-order valence-corrected chi connectivity index (χ0v) is 14.9. The summed E-state index contributed by atoms with van der Waals surface area (Å²) in [6.45, 7) is 5.81.